The molecule has 3 heterocycles. The van der Waals surface area contributed by atoms with Crippen molar-refractivity contribution in [2.75, 3.05) is 31.1 Å². The number of aliphatic carboxylic acids is 1. The van der Waals surface area contributed by atoms with E-state index in [4.69, 9.17) is 21.5 Å². The van der Waals surface area contributed by atoms with Crippen LogP contribution in [0, 0.1) is 41.9 Å². The Kier molecular flexibility index (Phi) is 15.5. The molecule has 328 valence electrons. The summed E-state index contributed by atoms with van der Waals surface area (Å²) in [6.07, 6.45) is 5.57. The lowest BCUT2D eigenvalue weighted by Gasteiger charge is -2.39. The number of carboxylic acid groups (broad SMARTS) is 1. The number of carbonyl (C=O) groups is 7. The number of anilines is 1. The largest absolute Gasteiger partial charge is 0.481 e. The van der Waals surface area contributed by atoms with Crippen molar-refractivity contribution in [3.63, 3.8) is 0 Å². The number of thiophene rings is 1. The molecular formula is C43H52N10O8S. The number of aliphatic imine (C=N–C) groups is 1. The third kappa shape index (κ3) is 11.0. The average Bonchev–Trinajstić information content (AvgIpc) is 3.63. The number of amides is 7. The van der Waals surface area contributed by atoms with Crippen LogP contribution in [0.5, 0.6) is 0 Å². The van der Waals surface area contributed by atoms with Gasteiger partial charge in [0, 0.05) is 53.4 Å². The molecule has 3 aliphatic rings. The van der Waals surface area contributed by atoms with Crippen LogP contribution in [-0.4, -0.2) is 107 Å². The van der Waals surface area contributed by atoms with Crippen molar-refractivity contribution in [2.45, 2.75) is 90.6 Å². The maximum atomic E-state index is 13.7. The lowest BCUT2D eigenvalue weighted by atomic mass is 9.67. The molecule has 5 rings (SSSR count). The minimum atomic E-state index is -1.34. The first-order valence-corrected chi connectivity index (χ1v) is 21.2. The van der Waals surface area contributed by atoms with Crippen LogP contribution in [-0.2, 0) is 28.8 Å². The molecule has 1 saturated carbocycles. The van der Waals surface area contributed by atoms with Crippen LogP contribution in [0.15, 0.2) is 41.4 Å². The van der Waals surface area contributed by atoms with Gasteiger partial charge in [-0.25, -0.2) is 4.79 Å². The van der Waals surface area contributed by atoms with E-state index in [1.807, 2.05) is 13.8 Å². The van der Waals surface area contributed by atoms with Gasteiger partial charge in [0.25, 0.3) is 11.8 Å². The van der Waals surface area contributed by atoms with E-state index in [0.717, 1.165) is 20.9 Å². The number of carboxylic acids is 1. The van der Waals surface area contributed by atoms with Gasteiger partial charge in [-0.15, -0.1) is 11.3 Å². The van der Waals surface area contributed by atoms with Crippen molar-refractivity contribution in [1.29, 1.82) is 10.8 Å². The van der Waals surface area contributed by atoms with E-state index in [1.165, 1.54) is 28.4 Å². The molecule has 1 aromatic carbocycles. The van der Waals surface area contributed by atoms with Gasteiger partial charge in [-0.2, -0.15) is 0 Å². The standard InChI is InChI=1S/C43H52N10O8S/c1-25-26(2)62-39-35(25)36(50-31(24-34(56)57)37(45)53(39)27(3)44)29-14-12-28(13-15-29)10-7-21-47-38(58)30(11-8-22-49-42(46)61)51-41(60)43(18-9-19-43)40(59)48-20-5-4-6-23-52-32(54)16-17-33(52)55/h12-17,30-31,44-45H,4-6,8-9,11,18-24H2,1-3H3,(H,47,58)(H,48,59)(H,51,60)(H,56,57)(H3,46,49,61)/t30-,31-/m0/s1. The van der Waals surface area contributed by atoms with Gasteiger partial charge in [0.15, 0.2) is 0 Å². The first-order valence-electron chi connectivity index (χ1n) is 20.4. The molecule has 1 aliphatic carbocycles. The predicted octanol–water partition coefficient (Wildman–Crippen LogP) is 2.62. The van der Waals surface area contributed by atoms with Gasteiger partial charge in [0.2, 0.25) is 17.7 Å². The molecule has 19 heteroatoms. The minimum Gasteiger partial charge on any atom is -0.481 e. The van der Waals surface area contributed by atoms with E-state index < -0.39 is 53.6 Å². The normalized spacial score (nSPS) is 16.8. The Morgan fingerprint density at radius 3 is 2.27 bits per heavy atom. The number of urea groups is 1. The Balaban J connectivity index is 1.21. The summed E-state index contributed by atoms with van der Waals surface area (Å²) >= 11 is 1.41. The zero-order valence-corrected chi connectivity index (χ0v) is 35.8. The molecule has 0 spiro atoms. The van der Waals surface area contributed by atoms with Crippen LogP contribution in [0.2, 0.25) is 0 Å². The van der Waals surface area contributed by atoms with Gasteiger partial charge in [-0.1, -0.05) is 30.4 Å². The number of aryl methyl sites for hydroxylation is 1. The van der Waals surface area contributed by atoms with Crippen LogP contribution >= 0.6 is 11.3 Å². The van der Waals surface area contributed by atoms with Gasteiger partial charge < -0.3 is 32.1 Å². The number of unbranched alkanes of at least 4 members (excludes halogenated alkanes) is 2. The number of primary amides is 1. The molecule has 1 aromatic heterocycles. The second kappa shape index (κ2) is 20.7. The maximum absolute atomic E-state index is 13.7. The lowest BCUT2D eigenvalue weighted by molar-refractivity contribution is -0.151. The van der Waals surface area contributed by atoms with E-state index in [9.17, 15) is 38.7 Å². The molecule has 2 atom stereocenters. The molecule has 2 aromatic rings. The second-order valence-electron chi connectivity index (χ2n) is 15.3. The third-order valence-corrected chi connectivity index (χ3v) is 12.2. The molecular weight excluding hydrogens is 817 g/mol. The van der Waals surface area contributed by atoms with Crippen LogP contribution in [0.1, 0.15) is 91.8 Å². The molecule has 0 bridgehead atoms. The number of nitrogens with two attached hydrogens (primary N) is 1. The summed E-state index contributed by atoms with van der Waals surface area (Å²) in [5, 5.41) is 38.3. The molecule has 0 saturated heterocycles. The molecule has 1 fully saturated rings. The average molecular weight is 869 g/mol. The Labute approximate surface area is 363 Å². The molecule has 0 radical (unpaired) electrons. The molecule has 18 nitrogen and oxygen atoms in total. The fourth-order valence-corrected chi connectivity index (χ4v) is 8.55. The number of imide groups is 1. The first-order chi connectivity index (χ1) is 29.5. The van der Waals surface area contributed by atoms with E-state index in [2.05, 4.69) is 33.1 Å². The van der Waals surface area contributed by atoms with Crippen molar-refractivity contribution >= 4 is 75.3 Å². The Morgan fingerprint density at radius 1 is 0.984 bits per heavy atom. The Morgan fingerprint density at radius 2 is 1.66 bits per heavy atom. The molecule has 7 amide bonds. The SMILES string of the molecule is CC(=N)N1C(=N)[C@H](CC(=O)O)N=C(c2ccc(C#CCNC(=O)[C@H](CCCNC(N)=O)NC(=O)C3(C(=O)NCCCCCN4C(=O)C=CC4=O)CCC3)cc2)c2c1sc(C)c2C. The number of rotatable bonds is 18. The third-order valence-electron chi connectivity index (χ3n) is 11.0. The fourth-order valence-electron chi connectivity index (χ4n) is 7.32. The number of fused-ring (bicyclic) bond motifs is 1. The highest BCUT2D eigenvalue weighted by Gasteiger charge is 2.51. The van der Waals surface area contributed by atoms with E-state index >= 15 is 0 Å². The summed E-state index contributed by atoms with van der Waals surface area (Å²) in [6, 6.07) is 4.32. The highest BCUT2D eigenvalue weighted by Crippen LogP contribution is 2.42. The number of benzene rings is 1. The molecule has 0 unspecified atom stereocenters. The van der Waals surface area contributed by atoms with Crippen LogP contribution in [0.25, 0.3) is 0 Å². The predicted molar refractivity (Wildman–Crippen MR) is 233 cm³/mol. The number of nitrogens with zero attached hydrogens (tertiary/aromatic N) is 3. The summed E-state index contributed by atoms with van der Waals surface area (Å²) in [6.45, 7) is 6.10. The number of hydrogen-bond donors (Lipinski definition) is 8. The number of hydrogen-bond acceptors (Lipinski definition) is 11. The monoisotopic (exact) mass is 868 g/mol. The second-order valence-corrected chi connectivity index (χ2v) is 16.5. The van der Waals surface area contributed by atoms with Crippen LogP contribution < -0.4 is 31.9 Å². The van der Waals surface area contributed by atoms with Crippen molar-refractivity contribution in [2.24, 2.45) is 16.1 Å². The Bertz CT molecular complexity index is 2250. The lowest BCUT2D eigenvalue weighted by Crippen LogP contribution is -2.59. The smallest absolute Gasteiger partial charge is 0.312 e. The van der Waals surface area contributed by atoms with Crippen molar-refractivity contribution in [1.82, 2.24) is 26.2 Å². The van der Waals surface area contributed by atoms with Gasteiger partial charge in [0.1, 0.15) is 34.2 Å². The minimum absolute atomic E-state index is 0.0735. The van der Waals surface area contributed by atoms with E-state index in [0.29, 0.717) is 73.3 Å². The first kappa shape index (κ1) is 46.4. The number of carbonyl (C=O) groups excluding carboxylic acids is 6. The van der Waals surface area contributed by atoms with Gasteiger partial charge >= 0.3 is 12.0 Å². The van der Waals surface area contributed by atoms with E-state index in [1.54, 1.807) is 31.2 Å². The number of nitrogens with one attached hydrogen (secondary N) is 6. The quantitative estimate of drug-likeness (QED) is 0.0273. The van der Waals surface area contributed by atoms with Crippen LogP contribution in [0.4, 0.5) is 9.80 Å². The summed E-state index contributed by atoms with van der Waals surface area (Å²) in [7, 11) is 0. The summed E-state index contributed by atoms with van der Waals surface area (Å²) in [4.78, 5) is 95.3. The summed E-state index contributed by atoms with van der Waals surface area (Å²) in [5.74, 6) is 2.58. The fraction of sp³-hybridized carbons (Fsp3) is 0.442. The number of amidine groups is 2. The van der Waals surface area contributed by atoms with Gasteiger partial charge in [-0.3, -0.25) is 54.4 Å². The molecule has 2 aliphatic heterocycles. The summed E-state index contributed by atoms with van der Waals surface area (Å²) < 4.78 is 0. The van der Waals surface area contributed by atoms with Gasteiger partial charge in [0.05, 0.1) is 18.7 Å². The highest BCUT2D eigenvalue weighted by molar-refractivity contribution is 7.17. The van der Waals surface area contributed by atoms with Crippen molar-refractivity contribution in [3.05, 3.63) is 63.5 Å². The maximum Gasteiger partial charge on any atom is 0.312 e. The summed E-state index contributed by atoms with van der Waals surface area (Å²) in [5.41, 5.74) is 7.28. The topological polar surface area (TPSA) is 280 Å². The highest BCUT2D eigenvalue weighted by atomic mass is 32.1. The zero-order chi connectivity index (χ0) is 45.1. The van der Waals surface area contributed by atoms with E-state index in [-0.39, 0.29) is 49.5 Å². The molecule has 62 heavy (non-hydrogen) atoms. The van der Waals surface area contributed by atoms with Crippen LogP contribution in [0.3, 0.4) is 0 Å². The molecule has 9 N–H and O–H groups in total. The Hall–Kier alpha value is -6.68. The zero-order valence-electron chi connectivity index (χ0n) is 34.9. The van der Waals surface area contributed by atoms with Gasteiger partial charge in [-0.05, 0) is 83.4 Å². The van der Waals surface area contributed by atoms with Crippen molar-refractivity contribution < 1.29 is 38.7 Å². The van der Waals surface area contributed by atoms with Crippen molar-refractivity contribution in [3.8, 4) is 11.8 Å².